The number of hydrogen-bond acceptors (Lipinski definition) is 9. The van der Waals surface area contributed by atoms with E-state index < -0.39 is 8.32 Å². The van der Waals surface area contributed by atoms with Gasteiger partial charge in [-0.2, -0.15) is 0 Å². The fourth-order valence-electron chi connectivity index (χ4n) is 6.03. The summed E-state index contributed by atoms with van der Waals surface area (Å²) < 4.78 is 38.9. The molecular weight excluding hydrogens is 798 g/mol. The molecule has 0 unspecified atom stereocenters. The molecule has 3 saturated heterocycles. The minimum atomic E-state index is -1.93. The second kappa shape index (κ2) is 21.7. The highest BCUT2D eigenvalue weighted by Crippen LogP contribution is 2.37. The summed E-state index contributed by atoms with van der Waals surface area (Å²) in [5.74, 6) is 1.14. The van der Waals surface area contributed by atoms with E-state index in [4.69, 9.17) is 9.16 Å². The lowest BCUT2D eigenvalue weighted by Crippen LogP contribution is -2.50. The number of halogens is 3. The maximum atomic E-state index is 14.0. The zero-order valence-corrected chi connectivity index (χ0v) is 36.3. The minimum absolute atomic E-state index is 0. The fraction of sp³-hybridized carbons (Fsp3) is 0.429. The molecule has 0 radical (unpaired) electrons. The van der Waals surface area contributed by atoms with Crippen LogP contribution in [0.2, 0.25) is 18.1 Å². The van der Waals surface area contributed by atoms with Crippen molar-refractivity contribution in [3.05, 3.63) is 96.8 Å². The highest BCUT2D eigenvalue weighted by Gasteiger charge is 2.39. The predicted molar refractivity (Wildman–Crippen MR) is 234 cm³/mol. The van der Waals surface area contributed by atoms with Crippen molar-refractivity contribution < 1.29 is 32.6 Å². The molecule has 7 rings (SSSR count). The third kappa shape index (κ3) is 13.7. The summed E-state index contributed by atoms with van der Waals surface area (Å²) in [7, 11) is -1.93. The van der Waals surface area contributed by atoms with Crippen molar-refractivity contribution in [1.29, 1.82) is 0 Å². The number of benzene rings is 2. The number of para-hydroxylation sites is 2. The van der Waals surface area contributed by atoms with Crippen LogP contribution in [0.4, 0.5) is 41.4 Å². The summed E-state index contributed by atoms with van der Waals surface area (Å²) in [5, 5.41) is 14.8. The highest BCUT2D eigenvalue weighted by molar-refractivity contribution is 6.74. The lowest BCUT2D eigenvalue weighted by molar-refractivity contribution is 0.198. The number of anilines is 4. The number of pyridine rings is 2. The van der Waals surface area contributed by atoms with E-state index in [1.165, 1.54) is 43.3 Å². The molecular formula is C42H57ClF2N8O5Si. The summed E-state index contributed by atoms with van der Waals surface area (Å²) in [5.41, 5.74) is 1.14. The number of rotatable bonds is 6. The van der Waals surface area contributed by atoms with Gasteiger partial charge in [-0.1, -0.05) is 45.0 Å². The van der Waals surface area contributed by atoms with Crippen molar-refractivity contribution in [2.24, 2.45) is 0 Å². The summed E-state index contributed by atoms with van der Waals surface area (Å²) in [6.45, 7) is 17.3. The Balaban J connectivity index is 0.000000234. The van der Waals surface area contributed by atoms with Crippen LogP contribution in [-0.4, -0.2) is 111 Å². The number of hydrogen-bond donors (Lipinski definition) is 3. The van der Waals surface area contributed by atoms with Crippen LogP contribution in [0.15, 0.2) is 85.2 Å². The van der Waals surface area contributed by atoms with Gasteiger partial charge in [0.05, 0.1) is 23.8 Å². The monoisotopic (exact) mass is 854 g/mol. The van der Waals surface area contributed by atoms with Crippen molar-refractivity contribution >= 4 is 55.8 Å². The van der Waals surface area contributed by atoms with Gasteiger partial charge < -0.3 is 33.9 Å². The Kier molecular flexibility index (Phi) is 17.1. The molecule has 3 N–H and O–H groups in total. The van der Waals surface area contributed by atoms with E-state index in [2.05, 4.69) is 54.5 Å². The molecule has 0 atom stereocenters. The molecule has 59 heavy (non-hydrogen) atoms. The average Bonchev–Trinajstić information content (AvgIpc) is 3.81. The molecule has 3 fully saturated rings. The van der Waals surface area contributed by atoms with Crippen LogP contribution in [0.25, 0.3) is 0 Å². The number of ether oxygens (including phenoxy) is 1. The Morgan fingerprint density at radius 3 is 1.49 bits per heavy atom. The number of piperazine rings is 2. The van der Waals surface area contributed by atoms with Crippen molar-refractivity contribution in [2.75, 3.05) is 86.0 Å². The molecule has 2 aromatic carbocycles. The maximum absolute atomic E-state index is 14.0. The van der Waals surface area contributed by atoms with E-state index in [1.807, 2.05) is 21.9 Å². The summed E-state index contributed by atoms with van der Waals surface area (Å²) in [6, 6.07) is 19.5. The minimum Gasteiger partial charge on any atom is -0.542 e. The first-order valence-corrected chi connectivity index (χ1v) is 22.6. The van der Waals surface area contributed by atoms with Crippen molar-refractivity contribution in [1.82, 2.24) is 19.8 Å². The Morgan fingerprint density at radius 1 is 0.695 bits per heavy atom. The molecule has 0 aliphatic carbocycles. The van der Waals surface area contributed by atoms with Crippen molar-refractivity contribution in [2.45, 2.75) is 51.7 Å². The SMILES string of the molecule is C1CCOC1.CC(C)(C)[Si](C)(C)Oc1ccc(NC(=O)N2CCN(c3ccccc3F)CC2)nc1.Cl.O=C(Nc1ccc(O)cn1)N1CCN(c2ccccc2F)CC1. The van der Waals surface area contributed by atoms with Gasteiger partial charge in [-0.3, -0.25) is 10.6 Å². The summed E-state index contributed by atoms with van der Waals surface area (Å²) in [4.78, 5) is 40.3. The number of nitrogens with zero attached hydrogens (tertiary/aromatic N) is 6. The Hall–Kier alpha value is -5.19. The van der Waals surface area contributed by atoms with Gasteiger partial charge in [0.2, 0.25) is 0 Å². The molecule has 0 saturated carbocycles. The van der Waals surface area contributed by atoms with Crippen LogP contribution in [0.1, 0.15) is 33.6 Å². The zero-order valence-electron chi connectivity index (χ0n) is 34.5. The third-order valence-electron chi connectivity index (χ3n) is 10.5. The largest absolute Gasteiger partial charge is 0.542 e. The maximum Gasteiger partial charge on any atom is 0.323 e. The van der Waals surface area contributed by atoms with Gasteiger partial charge in [0, 0.05) is 65.6 Å². The Bertz CT molecular complexity index is 1910. The predicted octanol–water partition coefficient (Wildman–Crippen LogP) is 8.46. The van der Waals surface area contributed by atoms with Gasteiger partial charge in [-0.05, 0) is 79.5 Å². The first-order valence-electron chi connectivity index (χ1n) is 19.7. The normalized spacial score (nSPS) is 15.4. The van der Waals surface area contributed by atoms with E-state index in [1.54, 1.807) is 52.4 Å². The van der Waals surface area contributed by atoms with Crippen LogP contribution in [-0.2, 0) is 4.74 Å². The molecule has 320 valence electrons. The first-order chi connectivity index (χ1) is 27.7. The molecule has 5 heterocycles. The van der Waals surface area contributed by atoms with Gasteiger partial charge in [0.1, 0.15) is 34.8 Å². The van der Waals surface area contributed by atoms with Crippen molar-refractivity contribution in [3.63, 3.8) is 0 Å². The van der Waals surface area contributed by atoms with Gasteiger partial charge in [0.25, 0.3) is 8.32 Å². The fourth-order valence-corrected chi connectivity index (χ4v) is 7.04. The molecule has 0 bridgehead atoms. The van der Waals surface area contributed by atoms with Gasteiger partial charge >= 0.3 is 12.1 Å². The number of carbonyl (C=O) groups excluding carboxylic acids is 2. The number of aromatic nitrogens is 2. The average molecular weight is 856 g/mol. The quantitative estimate of drug-likeness (QED) is 0.163. The lowest BCUT2D eigenvalue weighted by atomic mass is 10.2. The first kappa shape index (κ1) is 46.5. The molecule has 3 aliphatic rings. The molecule has 17 heteroatoms. The van der Waals surface area contributed by atoms with Crippen LogP contribution >= 0.6 is 12.4 Å². The summed E-state index contributed by atoms with van der Waals surface area (Å²) >= 11 is 0. The van der Waals surface area contributed by atoms with Crippen LogP contribution < -0.4 is 24.9 Å². The second-order valence-electron chi connectivity index (χ2n) is 15.7. The van der Waals surface area contributed by atoms with Crippen LogP contribution in [0.5, 0.6) is 11.5 Å². The highest BCUT2D eigenvalue weighted by atomic mass is 35.5. The van der Waals surface area contributed by atoms with E-state index in [0.29, 0.717) is 75.4 Å². The van der Waals surface area contributed by atoms with E-state index in [9.17, 15) is 23.5 Å². The van der Waals surface area contributed by atoms with Gasteiger partial charge in [0.15, 0.2) is 0 Å². The Morgan fingerprint density at radius 2 is 1.14 bits per heavy atom. The molecule has 0 spiro atoms. The van der Waals surface area contributed by atoms with E-state index >= 15 is 0 Å². The smallest absolute Gasteiger partial charge is 0.323 e. The van der Waals surface area contributed by atoms with Crippen molar-refractivity contribution in [3.8, 4) is 11.5 Å². The number of nitrogens with one attached hydrogen (secondary N) is 2. The third-order valence-corrected chi connectivity index (χ3v) is 14.8. The number of carbonyl (C=O) groups is 2. The molecule has 4 amide bonds. The number of amides is 4. The molecule has 3 aliphatic heterocycles. The molecule has 2 aromatic heterocycles. The van der Waals surface area contributed by atoms with E-state index in [-0.39, 0.29) is 46.9 Å². The van der Waals surface area contributed by atoms with E-state index in [0.717, 1.165) is 19.0 Å². The second-order valence-corrected chi connectivity index (χ2v) is 20.4. The van der Waals surface area contributed by atoms with Gasteiger partial charge in [-0.15, -0.1) is 12.4 Å². The molecule has 13 nitrogen and oxygen atoms in total. The van der Waals surface area contributed by atoms with Crippen LogP contribution in [0, 0.1) is 11.6 Å². The lowest BCUT2D eigenvalue weighted by Gasteiger charge is -2.36. The summed E-state index contributed by atoms with van der Waals surface area (Å²) in [6.07, 6.45) is 5.48. The zero-order chi connectivity index (χ0) is 41.7. The standard InChI is InChI=1S/C22H31FN4O2Si.C16H17FN4O2.C4H8O.ClH/c1-22(2,3)30(4,5)29-17-10-11-20(24-16-17)25-21(28)27-14-12-26(13-15-27)19-9-7-6-8-18(19)23;17-13-3-1-2-4-14(13)20-7-9-21(10-8-20)16(23)19-15-6-5-12(22)11-18-15;1-2-4-5-3-1;/h6-11,16H,12-15H2,1-5H3,(H,24,25,28);1-6,11,22H,7-10H2,(H,18,19,23);1-4H2;1H. The number of aromatic hydroxyl groups is 1. The Labute approximate surface area is 353 Å². The van der Waals surface area contributed by atoms with Gasteiger partial charge in [-0.25, -0.2) is 28.3 Å². The number of urea groups is 2. The topological polar surface area (TPSA) is 136 Å². The van der Waals surface area contributed by atoms with Crippen LogP contribution in [0.3, 0.4) is 0 Å². The molecule has 4 aromatic rings.